The zero-order valence-electron chi connectivity index (χ0n) is 7.03. The summed E-state index contributed by atoms with van der Waals surface area (Å²) in [6, 6.07) is 7.62. The molecule has 0 radical (unpaired) electrons. The Kier molecular flexibility index (Phi) is 3.41. The lowest BCUT2D eigenvalue weighted by atomic mass is 10.1. The molecular formula is C9H8INO2. The summed E-state index contributed by atoms with van der Waals surface area (Å²) in [4.78, 5) is 9.75. The van der Waals surface area contributed by atoms with Crippen LogP contribution in [0.25, 0.3) is 3.58 Å². The highest BCUT2D eigenvalue weighted by atomic mass is 127. The highest BCUT2D eigenvalue weighted by molar-refractivity contribution is 14.1. The van der Waals surface area contributed by atoms with Crippen molar-refractivity contribution < 1.29 is 4.92 Å². The van der Waals surface area contributed by atoms with Crippen LogP contribution in [0.15, 0.2) is 30.5 Å². The lowest BCUT2D eigenvalue weighted by Crippen LogP contribution is -1.86. The summed E-state index contributed by atoms with van der Waals surface area (Å²) in [5.74, 6) is 0. The van der Waals surface area contributed by atoms with Gasteiger partial charge < -0.3 is 0 Å². The van der Waals surface area contributed by atoms with Gasteiger partial charge in [0.25, 0.3) is 0 Å². The predicted molar refractivity (Wildman–Crippen MR) is 60.2 cm³/mol. The van der Waals surface area contributed by atoms with E-state index in [1.165, 1.54) is 0 Å². The number of hydrogen-bond donors (Lipinski definition) is 0. The number of aryl methyl sites for hydroxylation is 1. The van der Waals surface area contributed by atoms with E-state index in [4.69, 9.17) is 0 Å². The molecule has 1 rings (SSSR count). The van der Waals surface area contributed by atoms with Gasteiger partial charge in [0.1, 0.15) is 0 Å². The fraction of sp³-hybridized carbons (Fsp3) is 0.111. The molecule has 0 fully saturated rings. The number of nitrogens with zero attached hydrogens (tertiary/aromatic N) is 1. The normalized spacial score (nSPS) is 11.4. The van der Waals surface area contributed by atoms with E-state index in [2.05, 4.69) is 0 Å². The third kappa shape index (κ3) is 3.14. The van der Waals surface area contributed by atoms with E-state index in [1.807, 2.05) is 53.8 Å². The minimum atomic E-state index is -0.440. The van der Waals surface area contributed by atoms with Crippen LogP contribution in [-0.4, -0.2) is 4.92 Å². The van der Waals surface area contributed by atoms with E-state index in [-0.39, 0.29) is 0 Å². The number of halogens is 1. The Morgan fingerprint density at radius 2 is 2.31 bits per heavy atom. The second-order valence-corrected chi connectivity index (χ2v) is 3.79. The van der Waals surface area contributed by atoms with Gasteiger partial charge in [0, 0.05) is 0 Å². The molecule has 0 aromatic heterocycles. The molecule has 1 aromatic carbocycles. The summed E-state index contributed by atoms with van der Waals surface area (Å²) in [6.07, 6.45) is 1.01. The van der Waals surface area contributed by atoms with Crippen LogP contribution in [0.2, 0.25) is 0 Å². The Morgan fingerprint density at radius 3 is 2.85 bits per heavy atom. The van der Waals surface area contributed by atoms with E-state index >= 15 is 0 Å². The number of nitro groups is 1. The molecule has 3 nitrogen and oxygen atoms in total. The highest BCUT2D eigenvalue weighted by Crippen LogP contribution is 2.21. The van der Waals surface area contributed by atoms with Crippen molar-refractivity contribution in [1.29, 1.82) is 0 Å². The molecule has 1 aromatic rings. The van der Waals surface area contributed by atoms with Gasteiger partial charge in [0.15, 0.2) is 0 Å². The lowest BCUT2D eigenvalue weighted by Gasteiger charge is -1.97. The first-order chi connectivity index (χ1) is 6.09. The molecule has 0 N–H and O–H groups in total. The summed E-state index contributed by atoms with van der Waals surface area (Å²) in [7, 11) is 0. The highest BCUT2D eigenvalue weighted by Gasteiger charge is 2.01. The first-order valence-corrected chi connectivity index (χ1v) is 4.75. The van der Waals surface area contributed by atoms with Crippen molar-refractivity contribution in [3.8, 4) is 0 Å². The van der Waals surface area contributed by atoms with Crippen molar-refractivity contribution >= 4 is 26.2 Å². The fourth-order valence-corrected chi connectivity index (χ4v) is 1.52. The molecule has 0 aliphatic carbocycles. The van der Waals surface area contributed by atoms with E-state index in [9.17, 15) is 10.1 Å². The van der Waals surface area contributed by atoms with Gasteiger partial charge in [-0.15, -0.1) is 0 Å². The summed E-state index contributed by atoms with van der Waals surface area (Å²) in [5.41, 5.74) is 1.99. The van der Waals surface area contributed by atoms with E-state index in [0.717, 1.165) is 17.3 Å². The molecule has 0 saturated carbocycles. The minimum absolute atomic E-state index is 0.440. The molecule has 68 valence electrons. The van der Waals surface area contributed by atoms with Crippen molar-refractivity contribution in [2.45, 2.75) is 6.92 Å². The van der Waals surface area contributed by atoms with Gasteiger partial charge in [0.05, 0.1) is 8.50 Å². The van der Waals surface area contributed by atoms with Crippen molar-refractivity contribution in [3.63, 3.8) is 0 Å². The van der Waals surface area contributed by atoms with Crippen molar-refractivity contribution in [1.82, 2.24) is 0 Å². The average molecular weight is 289 g/mol. The van der Waals surface area contributed by atoms with E-state index in [1.54, 1.807) is 0 Å². The molecule has 0 heterocycles. The van der Waals surface area contributed by atoms with Crippen LogP contribution in [0.4, 0.5) is 0 Å². The zero-order chi connectivity index (χ0) is 9.84. The maximum atomic E-state index is 10.2. The topological polar surface area (TPSA) is 43.1 Å². The van der Waals surface area contributed by atoms with Crippen LogP contribution < -0.4 is 0 Å². The summed E-state index contributed by atoms with van der Waals surface area (Å²) < 4.78 is 0.645. The molecular weight excluding hydrogens is 281 g/mol. The van der Waals surface area contributed by atoms with Crippen LogP contribution in [0.1, 0.15) is 11.1 Å². The fourth-order valence-electron chi connectivity index (χ4n) is 0.961. The molecule has 0 saturated heterocycles. The zero-order valence-corrected chi connectivity index (χ0v) is 9.19. The van der Waals surface area contributed by atoms with Crippen molar-refractivity contribution in [3.05, 3.63) is 51.7 Å². The van der Waals surface area contributed by atoms with Gasteiger partial charge in [-0.1, -0.05) is 29.8 Å². The number of benzene rings is 1. The molecule has 0 aliphatic heterocycles. The molecule has 0 unspecified atom stereocenters. The number of rotatable bonds is 2. The first kappa shape index (κ1) is 10.2. The third-order valence-electron chi connectivity index (χ3n) is 1.51. The van der Waals surface area contributed by atoms with Crippen molar-refractivity contribution in [2.75, 3.05) is 0 Å². The maximum absolute atomic E-state index is 10.2. The second kappa shape index (κ2) is 4.36. The smallest absolute Gasteiger partial charge is 0.248 e. The van der Waals surface area contributed by atoms with Crippen LogP contribution in [0, 0.1) is 17.0 Å². The van der Waals surface area contributed by atoms with Gasteiger partial charge in [-0.05, 0) is 35.1 Å². The third-order valence-corrected chi connectivity index (χ3v) is 2.41. The summed E-state index contributed by atoms with van der Waals surface area (Å²) in [5, 5.41) is 10.2. The molecule has 4 heteroatoms. The maximum Gasteiger partial charge on any atom is 0.248 e. The standard InChI is InChI=1S/C9H8INO2/c1-7-3-2-4-8(5-7)9(10)6-11(12)13/h2-6H,1H3/b9-6-. The van der Waals surface area contributed by atoms with Crippen LogP contribution in [0.5, 0.6) is 0 Å². The van der Waals surface area contributed by atoms with E-state index in [0.29, 0.717) is 3.58 Å². The van der Waals surface area contributed by atoms with Crippen LogP contribution in [-0.2, 0) is 0 Å². The van der Waals surface area contributed by atoms with Gasteiger partial charge in [-0.3, -0.25) is 10.1 Å². The Labute approximate surface area is 89.8 Å². The quantitative estimate of drug-likeness (QED) is 0.477. The first-order valence-electron chi connectivity index (χ1n) is 3.67. The average Bonchev–Trinajstić information content (AvgIpc) is 2.03. The predicted octanol–water partition coefficient (Wildman–Crippen LogP) is 3.01. The van der Waals surface area contributed by atoms with Gasteiger partial charge in [-0.25, -0.2) is 0 Å². The molecule has 0 amide bonds. The molecule has 0 aliphatic rings. The largest absolute Gasteiger partial charge is 0.259 e. The van der Waals surface area contributed by atoms with E-state index < -0.39 is 4.92 Å². The Bertz CT molecular complexity index is 360. The molecule has 0 bridgehead atoms. The second-order valence-electron chi connectivity index (χ2n) is 2.63. The lowest BCUT2D eigenvalue weighted by molar-refractivity contribution is -0.401. The van der Waals surface area contributed by atoms with Gasteiger partial charge in [-0.2, -0.15) is 0 Å². The summed E-state index contributed by atoms with van der Waals surface area (Å²) in [6.45, 7) is 1.96. The molecule has 13 heavy (non-hydrogen) atoms. The SMILES string of the molecule is Cc1cccc(/C(I)=C/[N+](=O)[O-])c1. The summed E-state index contributed by atoms with van der Waals surface area (Å²) >= 11 is 1.96. The Balaban J connectivity index is 3.02. The Morgan fingerprint density at radius 1 is 1.62 bits per heavy atom. The monoisotopic (exact) mass is 289 g/mol. The van der Waals surface area contributed by atoms with Crippen molar-refractivity contribution in [2.24, 2.45) is 0 Å². The number of hydrogen-bond acceptors (Lipinski definition) is 2. The minimum Gasteiger partial charge on any atom is -0.259 e. The van der Waals surface area contributed by atoms with Gasteiger partial charge in [0.2, 0.25) is 6.20 Å². The molecule has 0 atom stereocenters. The van der Waals surface area contributed by atoms with Gasteiger partial charge >= 0.3 is 0 Å². The Hall–Kier alpha value is -0.910. The van der Waals surface area contributed by atoms with Crippen LogP contribution in [0.3, 0.4) is 0 Å². The molecule has 0 spiro atoms. The van der Waals surface area contributed by atoms with Crippen LogP contribution >= 0.6 is 22.6 Å².